The summed E-state index contributed by atoms with van der Waals surface area (Å²) in [5.74, 6) is -0.816. The third-order valence-electron chi connectivity index (χ3n) is 2.80. The van der Waals surface area contributed by atoms with E-state index >= 15 is 0 Å². The van der Waals surface area contributed by atoms with Gasteiger partial charge in [-0.2, -0.15) is 0 Å². The number of rotatable bonds is 2. The van der Waals surface area contributed by atoms with Gasteiger partial charge in [-0.05, 0) is 23.3 Å². The van der Waals surface area contributed by atoms with Gasteiger partial charge in [0.1, 0.15) is 0 Å². The first-order valence-corrected chi connectivity index (χ1v) is 4.99. The molecule has 16 heavy (non-hydrogen) atoms. The summed E-state index contributed by atoms with van der Waals surface area (Å²) in [5, 5.41) is 9.18. The number of carboxylic acids is 1. The number of benzene rings is 1. The second-order valence-electron chi connectivity index (χ2n) is 3.76. The van der Waals surface area contributed by atoms with Crippen LogP contribution in [-0.2, 0) is 9.53 Å². The summed E-state index contributed by atoms with van der Waals surface area (Å²) in [5.41, 5.74) is 7.87. The van der Waals surface area contributed by atoms with E-state index in [1.165, 1.54) is 0 Å². The number of aliphatic carboxylic acids is 1. The number of fused-ring (bicyclic) bond motifs is 1. The van der Waals surface area contributed by atoms with E-state index in [0.717, 1.165) is 5.56 Å². The molecule has 2 rings (SSSR count). The number of carbonyl (C=O) groups is 1. The Balaban J connectivity index is 2.58. The molecular formula is C12H13NO3. The van der Waals surface area contributed by atoms with Crippen molar-refractivity contribution in [3.05, 3.63) is 35.1 Å². The van der Waals surface area contributed by atoms with Gasteiger partial charge < -0.3 is 15.6 Å². The lowest BCUT2D eigenvalue weighted by Crippen LogP contribution is -2.18. The van der Waals surface area contributed by atoms with E-state index in [2.05, 4.69) is 0 Å². The molecule has 1 aromatic rings. The first-order chi connectivity index (χ1) is 7.63. The van der Waals surface area contributed by atoms with Gasteiger partial charge in [-0.25, -0.2) is 0 Å². The van der Waals surface area contributed by atoms with E-state index in [1.807, 2.05) is 18.2 Å². The second kappa shape index (κ2) is 3.89. The van der Waals surface area contributed by atoms with Gasteiger partial charge in [0.15, 0.2) is 0 Å². The van der Waals surface area contributed by atoms with Gasteiger partial charge in [0.25, 0.3) is 0 Å². The summed E-state index contributed by atoms with van der Waals surface area (Å²) < 4.78 is 5.13. The molecule has 1 atom stereocenters. The Labute approximate surface area is 93.3 Å². The van der Waals surface area contributed by atoms with Crippen LogP contribution in [0.15, 0.2) is 24.0 Å². The molecular weight excluding hydrogens is 206 g/mol. The summed E-state index contributed by atoms with van der Waals surface area (Å²) in [4.78, 5) is 11.2. The Hall–Kier alpha value is -1.97. The van der Waals surface area contributed by atoms with Crippen molar-refractivity contribution in [2.75, 3.05) is 12.8 Å². The van der Waals surface area contributed by atoms with Crippen molar-refractivity contribution >= 4 is 17.7 Å². The van der Waals surface area contributed by atoms with Crippen LogP contribution in [0.3, 0.4) is 0 Å². The molecule has 1 aliphatic rings. The minimum atomic E-state index is -0.873. The van der Waals surface area contributed by atoms with E-state index in [-0.39, 0.29) is 0 Å². The molecule has 1 aromatic carbocycles. The van der Waals surface area contributed by atoms with Crippen molar-refractivity contribution in [2.24, 2.45) is 0 Å². The molecule has 0 fully saturated rings. The van der Waals surface area contributed by atoms with Crippen LogP contribution in [-0.4, -0.2) is 18.2 Å². The van der Waals surface area contributed by atoms with Crippen LogP contribution >= 0.6 is 0 Å². The quantitative estimate of drug-likeness (QED) is 0.744. The van der Waals surface area contributed by atoms with E-state index in [9.17, 15) is 9.90 Å². The van der Waals surface area contributed by atoms with Crippen molar-refractivity contribution < 1.29 is 14.6 Å². The van der Waals surface area contributed by atoms with Crippen LogP contribution in [0.5, 0.6) is 0 Å². The maximum Gasteiger partial charge on any atom is 0.311 e. The number of hydrogen-bond donors (Lipinski definition) is 2. The molecule has 0 aromatic heterocycles. The standard InChI is InChI=1S/C12H13NO3/c1-16-8-5-7-3-2-4-10(13)11(7)9(6-8)12(14)15/h2-5,9H,6,13H2,1H3,(H,14,15). The predicted molar refractivity (Wildman–Crippen MR) is 60.8 cm³/mol. The second-order valence-corrected chi connectivity index (χ2v) is 3.76. The molecule has 0 amide bonds. The normalized spacial score (nSPS) is 18.6. The SMILES string of the molecule is COC1=Cc2cccc(N)c2C(C(=O)O)C1. The zero-order valence-electron chi connectivity index (χ0n) is 8.93. The van der Waals surface area contributed by atoms with E-state index in [0.29, 0.717) is 23.4 Å². The molecule has 0 saturated heterocycles. The van der Waals surface area contributed by atoms with Gasteiger partial charge in [-0.15, -0.1) is 0 Å². The van der Waals surface area contributed by atoms with Gasteiger partial charge in [0, 0.05) is 12.1 Å². The zero-order chi connectivity index (χ0) is 11.7. The highest BCUT2D eigenvalue weighted by atomic mass is 16.5. The maximum atomic E-state index is 11.2. The molecule has 0 spiro atoms. The Bertz CT molecular complexity index is 465. The zero-order valence-corrected chi connectivity index (χ0v) is 8.93. The lowest BCUT2D eigenvalue weighted by atomic mass is 9.85. The Kier molecular flexibility index (Phi) is 2.56. The minimum absolute atomic E-state index is 0.354. The fraction of sp³-hybridized carbons (Fsp3) is 0.250. The molecule has 0 heterocycles. The third-order valence-corrected chi connectivity index (χ3v) is 2.80. The summed E-state index contributed by atoms with van der Waals surface area (Å²) in [7, 11) is 1.54. The number of nitrogen functional groups attached to an aromatic ring is 1. The molecule has 0 radical (unpaired) electrons. The minimum Gasteiger partial charge on any atom is -0.501 e. The molecule has 1 unspecified atom stereocenters. The predicted octanol–water partition coefficient (Wildman–Crippen LogP) is 1.83. The van der Waals surface area contributed by atoms with Crippen LogP contribution in [0.25, 0.3) is 6.08 Å². The molecule has 3 N–H and O–H groups in total. The molecule has 4 nitrogen and oxygen atoms in total. The average molecular weight is 219 g/mol. The summed E-state index contributed by atoms with van der Waals surface area (Å²) in [6.45, 7) is 0. The number of ether oxygens (including phenoxy) is 1. The number of anilines is 1. The fourth-order valence-corrected chi connectivity index (χ4v) is 2.02. The van der Waals surface area contributed by atoms with Crippen molar-refractivity contribution in [3.8, 4) is 0 Å². The lowest BCUT2D eigenvalue weighted by molar-refractivity contribution is -0.139. The number of nitrogens with two attached hydrogens (primary N) is 1. The van der Waals surface area contributed by atoms with Crippen LogP contribution in [0.4, 0.5) is 5.69 Å². The summed E-state index contributed by atoms with van der Waals surface area (Å²) in [6.07, 6.45) is 2.19. The van der Waals surface area contributed by atoms with Crippen molar-refractivity contribution in [1.29, 1.82) is 0 Å². The van der Waals surface area contributed by atoms with Crippen LogP contribution in [0, 0.1) is 0 Å². The highest BCUT2D eigenvalue weighted by molar-refractivity contribution is 5.83. The number of hydrogen-bond acceptors (Lipinski definition) is 3. The van der Waals surface area contributed by atoms with E-state index in [1.54, 1.807) is 13.2 Å². The van der Waals surface area contributed by atoms with Gasteiger partial charge >= 0.3 is 5.97 Å². The highest BCUT2D eigenvalue weighted by Crippen LogP contribution is 2.37. The van der Waals surface area contributed by atoms with Gasteiger partial charge in [-0.3, -0.25) is 4.79 Å². The van der Waals surface area contributed by atoms with Gasteiger partial charge in [0.2, 0.25) is 0 Å². The van der Waals surface area contributed by atoms with Crippen molar-refractivity contribution in [3.63, 3.8) is 0 Å². The number of carboxylic acid groups (broad SMARTS) is 1. The molecule has 0 saturated carbocycles. The number of methoxy groups -OCH3 is 1. The van der Waals surface area contributed by atoms with Crippen LogP contribution < -0.4 is 5.73 Å². The Morgan fingerprint density at radius 2 is 2.31 bits per heavy atom. The van der Waals surface area contributed by atoms with Crippen LogP contribution in [0.1, 0.15) is 23.5 Å². The van der Waals surface area contributed by atoms with Crippen molar-refractivity contribution in [1.82, 2.24) is 0 Å². The molecule has 0 bridgehead atoms. The first-order valence-electron chi connectivity index (χ1n) is 4.99. The highest BCUT2D eigenvalue weighted by Gasteiger charge is 2.29. The Morgan fingerprint density at radius 1 is 1.56 bits per heavy atom. The van der Waals surface area contributed by atoms with E-state index < -0.39 is 11.9 Å². The Morgan fingerprint density at radius 3 is 2.94 bits per heavy atom. The smallest absolute Gasteiger partial charge is 0.311 e. The van der Waals surface area contributed by atoms with Crippen LogP contribution in [0.2, 0.25) is 0 Å². The van der Waals surface area contributed by atoms with Crippen molar-refractivity contribution in [2.45, 2.75) is 12.3 Å². The van der Waals surface area contributed by atoms with Gasteiger partial charge in [-0.1, -0.05) is 12.1 Å². The molecule has 1 aliphatic carbocycles. The topological polar surface area (TPSA) is 72.5 Å². The third kappa shape index (κ3) is 1.62. The number of allylic oxidation sites excluding steroid dienone is 1. The molecule has 4 heteroatoms. The molecule has 0 aliphatic heterocycles. The molecule has 84 valence electrons. The summed E-state index contributed by atoms with van der Waals surface area (Å²) >= 11 is 0. The van der Waals surface area contributed by atoms with E-state index in [4.69, 9.17) is 10.5 Å². The lowest BCUT2D eigenvalue weighted by Gasteiger charge is -2.23. The monoisotopic (exact) mass is 219 g/mol. The van der Waals surface area contributed by atoms with Gasteiger partial charge in [0.05, 0.1) is 18.8 Å². The fourth-order valence-electron chi connectivity index (χ4n) is 2.02. The largest absolute Gasteiger partial charge is 0.501 e. The first kappa shape index (κ1) is 10.5. The average Bonchev–Trinajstić information content (AvgIpc) is 2.27. The maximum absolute atomic E-state index is 11.2. The summed E-state index contributed by atoms with van der Waals surface area (Å²) in [6, 6.07) is 5.38.